The number of nitrogens with one attached hydrogen (secondary N) is 1. The highest BCUT2D eigenvalue weighted by atomic mass is 16.6. The van der Waals surface area contributed by atoms with Crippen molar-refractivity contribution in [2.75, 3.05) is 12.5 Å². The first-order valence-corrected chi connectivity index (χ1v) is 8.98. The second-order valence-corrected chi connectivity index (χ2v) is 6.49. The fourth-order valence-electron chi connectivity index (χ4n) is 2.90. The Balaban J connectivity index is 1.66. The zero-order valence-electron chi connectivity index (χ0n) is 16.1. The van der Waals surface area contributed by atoms with Crippen molar-refractivity contribution in [3.8, 4) is 11.5 Å². The number of aromatic hydroxyl groups is 1. The van der Waals surface area contributed by atoms with E-state index >= 15 is 0 Å². The van der Waals surface area contributed by atoms with Crippen molar-refractivity contribution in [1.82, 2.24) is 0 Å². The van der Waals surface area contributed by atoms with E-state index in [1.54, 1.807) is 37.6 Å². The minimum absolute atomic E-state index is 0.0113. The Hall–Kier alpha value is -3.87. The summed E-state index contributed by atoms with van der Waals surface area (Å²) in [5, 5.41) is 25.0. The molecule has 0 fully saturated rings. The van der Waals surface area contributed by atoms with Gasteiger partial charge in [0.2, 0.25) is 0 Å². The molecule has 0 amide bonds. The number of nitro groups is 1. The molecule has 0 unspecified atom stereocenters. The number of ether oxygens (including phenoxy) is 1. The van der Waals surface area contributed by atoms with Crippen LogP contribution in [0.1, 0.15) is 29.5 Å². The summed E-state index contributed by atoms with van der Waals surface area (Å²) < 4.78 is 5.24. The minimum atomic E-state index is -0.438. The summed E-state index contributed by atoms with van der Waals surface area (Å²) in [5.74, 6) is 0.916. The maximum absolute atomic E-state index is 10.7. The molecule has 3 aromatic rings. The van der Waals surface area contributed by atoms with Crippen LogP contribution in [0.2, 0.25) is 0 Å². The molecule has 0 aliphatic carbocycles. The summed E-state index contributed by atoms with van der Waals surface area (Å²) in [4.78, 5) is 10.2. The quantitative estimate of drug-likeness (QED) is 0.339. The van der Waals surface area contributed by atoms with E-state index in [9.17, 15) is 15.2 Å². The number of hydrazone groups is 1. The molecular formula is C22H21N3O4. The molecule has 0 bridgehead atoms. The molecule has 1 atom stereocenters. The Morgan fingerprint density at radius 2 is 1.79 bits per heavy atom. The van der Waals surface area contributed by atoms with Crippen molar-refractivity contribution < 1.29 is 14.8 Å². The molecule has 3 aromatic carbocycles. The largest absolute Gasteiger partial charge is 0.508 e. The Kier molecular flexibility index (Phi) is 6.09. The third-order valence-corrected chi connectivity index (χ3v) is 4.62. The fraction of sp³-hybridized carbons (Fsp3) is 0.136. The monoisotopic (exact) mass is 391 g/mol. The van der Waals surface area contributed by atoms with Gasteiger partial charge >= 0.3 is 0 Å². The van der Waals surface area contributed by atoms with Gasteiger partial charge in [-0.2, -0.15) is 5.10 Å². The van der Waals surface area contributed by atoms with Gasteiger partial charge in [-0.25, -0.2) is 0 Å². The molecule has 7 nitrogen and oxygen atoms in total. The van der Waals surface area contributed by atoms with Gasteiger partial charge in [-0.3, -0.25) is 15.5 Å². The number of nitrogens with zero attached hydrogens (tertiary/aromatic N) is 2. The summed E-state index contributed by atoms with van der Waals surface area (Å²) in [5.41, 5.74) is 6.36. The number of hydrogen-bond acceptors (Lipinski definition) is 6. The number of nitro benzene ring substituents is 1. The number of non-ortho nitro benzene ring substituents is 1. The number of phenols is 1. The lowest BCUT2D eigenvalue weighted by Crippen LogP contribution is -1.98. The highest BCUT2D eigenvalue weighted by molar-refractivity contribution is 5.80. The lowest BCUT2D eigenvalue weighted by Gasteiger charge is -2.15. The number of methoxy groups -OCH3 is 1. The standard InChI is InChI=1S/C22H21N3O4/c1-15(21-13-20(29-2)11-12-22(21)26)17-5-7-18(8-6-17)24-23-14-16-3-9-19(10-4-16)25(27)28/h3-15,24,26H,1-2H3/b23-14+/t15-/m1/s1. The minimum Gasteiger partial charge on any atom is -0.508 e. The predicted molar refractivity (Wildman–Crippen MR) is 113 cm³/mol. The van der Waals surface area contributed by atoms with Crippen LogP contribution >= 0.6 is 0 Å². The molecule has 0 heterocycles. The van der Waals surface area contributed by atoms with Crippen molar-refractivity contribution in [2.24, 2.45) is 5.10 Å². The smallest absolute Gasteiger partial charge is 0.269 e. The van der Waals surface area contributed by atoms with Crippen molar-refractivity contribution in [3.05, 3.63) is 93.5 Å². The van der Waals surface area contributed by atoms with Crippen LogP contribution in [-0.2, 0) is 0 Å². The molecule has 0 saturated carbocycles. The SMILES string of the molecule is COc1ccc(O)c([C@H](C)c2ccc(N/N=C/c3ccc([N+](=O)[O-])cc3)cc2)c1. The lowest BCUT2D eigenvalue weighted by molar-refractivity contribution is -0.384. The van der Waals surface area contributed by atoms with Crippen LogP contribution in [0.15, 0.2) is 71.8 Å². The van der Waals surface area contributed by atoms with Crippen molar-refractivity contribution in [2.45, 2.75) is 12.8 Å². The lowest BCUT2D eigenvalue weighted by atomic mass is 9.92. The van der Waals surface area contributed by atoms with Crippen LogP contribution in [-0.4, -0.2) is 23.4 Å². The third-order valence-electron chi connectivity index (χ3n) is 4.62. The van der Waals surface area contributed by atoms with E-state index in [1.807, 2.05) is 37.3 Å². The van der Waals surface area contributed by atoms with Gasteiger partial charge in [-0.1, -0.05) is 19.1 Å². The number of benzene rings is 3. The van der Waals surface area contributed by atoms with Gasteiger partial charge in [0, 0.05) is 23.6 Å². The number of rotatable bonds is 7. The fourth-order valence-corrected chi connectivity index (χ4v) is 2.90. The predicted octanol–water partition coefficient (Wildman–Crippen LogP) is 4.91. The Bertz CT molecular complexity index is 1020. The average molecular weight is 391 g/mol. The van der Waals surface area contributed by atoms with Crippen molar-refractivity contribution in [1.29, 1.82) is 0 Å². The molecule has 0 aliphatic heterocycles. The van der Waals surface area contributed by atoms with Crippen LogP contribution in [0, 0.1) is 10.1 Å². The zero-order valence-corrected chi connectivity index (χ0v) is 16.1. The molecule has 0 radical (unpaired) electrons. The maximum Gasteiger partial charge on any atom is 0.269 e. The maximum atomic E-state index is 10.7. The van der Waals surface area contributed by atoms with E-state index in [-0.39, 0.29) is 17.4 Å². The van der Waals surface area contributed by atoms with Crippen LogP contribution in [0.5, 0.6) is 11.5 Å². The van der Waals surface area contributed by atoms with Gasteiger partial charge in [0.1, 0.15) is 11.5 Å². The van der Waals surface area contributed by atoms with Gasteiger partial charge in [0.05, 0.1) is 23.9 Å². The van der Waals surface area contributed by atoms with E-state index in [2.05, 4.69) is 10.5 Å². The first kappa shape index (κ1) is 19.9. The summed E-state index contributed by atoms with van der Waals surface area (Å²) in [6.45, 7) is 2.02. The third kappa shape index (κ3) is 4.90. The summed E-state index contributed by atoms with van der Waals surface area (Å²) in [7, 11) is 1.60. The van der Waals surface area contributed by atoms with Crippen molar-refractivity contribution in [3.63, 3.8) is 0 Å². The highest BCUT2D eigenvalue weighted by Crippen LogP contribution is 2.34. The number of phenolic OH excluding ortho intramolecular Hbond substituents is 1. The zero-order chi connectivity index (χ0) is 20.8. The van der Waals surface area contributed by atoms with E-state index < -0.39 is 4.92 Å². The molecule has 7 heteroatoms. The molecule has 3 rings (SSSR count). The molecule has 29 heavy (non-hydrogen) atoms. The molecule has 0 aromatic heterocycles. The molecule has 0 saturated heterocycles. The average Bonchev–Trinajstić information content (AvgIpc) is 2.74. The summed E-state index contributed by atoms with van der Waals surface area (Å²) in [6, 6.07) is 19.1. The second-order valence-electron chi connectivity index (χ2n) is 6.49. The molecule has 2 N–H and O–H groups in total. The van der Waals surface area contributed by atoms with Crippen LogP contribution in [0.3, 0.4) is 0 Å². The highest BCUT2D eigenvalue weighted by Gasteiger charge is 2.14. The van der Waals surface area contributed by atoms with E-state index in [0.29, 0.717) is 5.75 Å². The van der Waals surface area contributed by atoms with E-state index in [0.717, 1.165) is 22.4 Å². The molecule has 148 valence electrons. The van der Waals surface area contributed by atoms with Crippen molar-refractivity contribution >= 4 is 17.6 Å². The first-order valence-electron chi connectivity index (χ1n) is 8.98. The van der Waals surface area contributed by atoms with Crippen LogP contribution in [0.4, 0.5) is 11.4 Å². The Morgan fingerprint density at radius 1 is 1.10 bits per heavy atom. The van der Waals surface area contributed by atoms with Gasteiger partial charge in [0.25, 0.3) is 5.69 Å². The normalized spacial score (nSPS) is 11.9. The topological polar surface area (TPSA) is 97.0 Å². The van der Waals surface area contributed by atoms with Crippen LogP contribution < -0.4 is 10.2 Å². The Labute approximate surface area is 168 Å². The summed E-state index contributed by atoms with van der Waals surface area (Å²) in [6.07, 6.45) is 1.59. The van der Waals surface area contributed by atoms with Gasteiger partial charge in [0.15, 0.2) is 0 Å². The number of anilines is 1. The molecular weight excluding hydrogens is 370 g/mol. The second kappa shape index (κ2) is 8.88. The van der Waals surface area contributed by atoms with Crippen LogP contribution in [0.25, 0.3) is 0 Å². The van der Waals surface area contributed by atoms with Gasteiger partial charge in [-0.05, 0) is 53.6 Å². The first-order chi connectivity index (χ1) is 14.0. The summed E-state index contributed by atoms with van der Waals surface area (Å²) >= 11 is 0. The molecule has 0 spiro atoms. The molecule has 0 aliphatic rings. The Morgan fingerprint density at radius 3 is 2.41 bits per heavy atom. The van der Waals surface area contributed by atoms with E-state index in [1.165, 1.54) is 12.1 Å². The van der Waals surface area contributed by atoms with E-state index in [4.69, 9.17) is 4.74 Å². The number of hydrogen-bond donors (Lipinski definition) is 2. The van der Waals surface area contributed by atoms with Gasteiger partial charge in [-0.15, -0.1) is 0 Å². The van der Waals surface area contributed by atoms with Gasteiger partial charge < -0.3 is 9.84 Å².